The number of hydrogen-bond acceptors (Lipinski definition) is 3. The molecule has 23 heavy (non-hydrogen) atoms. The van der Waals surface area contributed by atoms with Crippen LogP contribution in [0.25, 0.3) is 0 Å². The van der Waals surface area contributed by atoms with Crippen molar-refractivity contribution < 1.29 is 23.1 Å². The molecule has 2 aromatic rings. The summed E-state index contributed by atoms with van der Waals surface area (Å²) in [6, 6.07) is 6.39. The van der Waals surface area contributed by atoms with Crippen LogP contribution in [0, 0.1) is 0 Å². The first-order valence-corrected chi connectivity index (χ1v) is 7.93. The van der Waals surface area contributed by atoms with E-state index in [1.165, 1.54) is 12.1 Å². The number of thiophene rings is 1. The third-order valence-corrected chi connectivity index (χ3v) is 4.04. The summed E-state index contributed by atoms with van der Waals surface area (Å²) in [5, 5.41) is 16.3. The van der Waals surface area contributed by atoms with Gasteiger partial charge in [0.05, 0.1) is 11.7 Å². The maximum Gasteiger partial charge on any atom is 0.416 e. The molecule has 2 rings (SSSR count). The van der Waals surface area contributed by atoms with Crippen LogP contribution in [-0.4, -0.2) is 17.6 Å². The highest BCUT2D eigenvalue weighted by atomic mass is 32.1. The standard InChI is InChI=1S/C16H16F3NO2S/c17-16(18,19)13-3-1-2-12(8-13)14(21)9-20-15(22)5-4-11-6-7-23-10-11/h1-3,6-8,10,14,21H,4-5,9H2,(H,20,22)/t14-/m1/s1. The van der Waals surface area contributed by atoms with Gasteiger partial charge in [0.1, 0.15) is 0 Å². The summed E-state index contributed by atoms with van der Waals surface area (Å²) in [5.41, 5.74) is 0.361. The smallest absolute Gasteiger partial charge is 0.387 e. The Hall–Kier alpha value is -1.86. The normalized spacial score (nSPS) is 12.9. The average Bonchev–Trinajstić information content (AvgIpc) is 3.03. The van der Waals surface area contributed by atoms with E-state index in [-0.39, 0.29) is 24.4 Å². The largest absolute Gasteiger partial charge is 0.416 e. The lowest BCUT2D eigenvalue weighted by molar-refractivity contribution is -0.137. The van der Waals surface area contributed by atoms with Gasteiger partial charge in [0.25, 0.3) is 0 Å². The fraction of sp³-hybridized carbons (Fsp3) is 0.312. The zero-order valence-electron chi connectivity index (χ0n) is 12.1. The Labute approximate surface area is 135 Å². The first-order valence-electron chi connectivity index (χ1n) is 6.99. The van der Waals surface area contributed by atoms with Crippen LogP contribution in [0.1, 0.15) is 29.2 Å². The number of hydrogen-bond donors (Lipinski definition) is 2. The Morgan fingerprint density at radius 2 is 2.09 bits per heavy atom. The van der Waals surface area contributed by atoms with Crippen molar-refractivity contribution in [2.45, 2.75) is 25.1 Å². The van der Waals surface area contributed by atoms with Crippen molar-refractivity contribution in [3.8, 4) is 0 Å². The van der Waals surface area contributed by atoms with Crippen LogP contribution in [0.2, 0.25) is 0 Å². The minimum atomic E-state index is -4.46. The van der Waals surface area contributed by atoms with E-state index in [1.54, 1.807) is 11.3 Å². The van der Waals surface area contributed by atoms with Crippen LogP contribution in [0.15, 0.2) is 41.1 Å². The van der Waals surface area contributed by atoms with Crippen LogP contribution < -0.4 is 5.32 Å². The lowest BCUT2D eigenvalue weighted by atomic mass is 10.1. The summed E-state index contributed by atoms with van der Waals surface area (Å²) in [5.74, 6) is -0.248. The van der Waals surface area contributed by atoms with Gasteiger partial charge >= 0.3 is 6.18 Å². The molecular weight excluding hydrogens is 327 g/mol. The Morgan fingerprint density at radius 3 is 2.74 bits per heavy atom. The second-order valence-electron chi connectivity index (χ2n) is 5.07. The number of rotatable bonds is 6. The van der Waals surface area contributed by atoms with Crippen molar-refractivity contribution in [2.75, 3.05) is 6.54 Å². The minimum absolute atomic E-state index is 0.121. The van der Waals surface area contributed by atoms with Gasteiger partial charge in [-0.05, 0) is 46.5 Å². The van der Waals surface area contributed by atoms with Crippen molar-refractivity contribution in [3.63, 3.8) is 0 Å². The summed E-state index contributed by atoms with van der Waals surface area (Å²) in [7, 11) is 0. The molecule has 3 nitrogen and oxygen atoms in total. The van der Waals surface area contributed by atoms with Crippen molar-refractivity contribution in [3.05, 3.63) is 57.8 Å². The van der Waals surface area contributed by atoms with E-state index in [1.807, 2.05) is 16.8 Å². The second-order valence-corrected chi connectivity index (χ2v) is 5.85. The van der Waals surface area contributed by atoms with Gasteiger partial charge in [-0.1, -0.05) is 12.1 Å². The van der Waals surface area contributed by atoms with Gasteiger partial charge in [-0.2, -0.15) is 24.5 Å². The zero-order chi connectivity index (χ0) is 16.9. The number of aliphatic hydroxyl groups is 1. The van der Waals surface area contributed by atoms with E-state index in [4.69, 9.17) is 0 Å². The lowest BCUT2D eigenvalue weighted by Gasteiger charge is -2.14. The molecular formula is C16H16F3NO2S. The van der Waals surface area contributed by atoms with Crippen molar-refractivity contribution >= 4 is 17.2 Å². The molecule has 124 valence electrons. The molecule has 2 N–H and O–H groups in total. The molecule has 1 aromatic heterocycles. The first-order chi connectivity index (χ1) is 10.9. The fourth-order valence-corrected chi connectivity index (χ4v) is 2.73. The molecule has 0 aliphatic heterocycles. The molecule has 7 heteroatoms. The molecule has 0 saturated heterocycles. The molecule has 0 aliphatic carbocycles. The summed E-state index contributed by atoms with van der Waals surface area (Å²) < 4.78 is 37.9. The number of benzene rings is 1. The van der Waals surface area contributed by atoms with E-state index < -0.39 is 17.8 Å². The Morgan fingerprint density at radius 1 is 1.30 bits per heavy atom. The average molecular weight is 343 g/mol. The van der Waals surface area contributed by atoms with Gasteiger partial charge in [0, 0.05) is 13.0 Å². The molecule has 1 amide bonds. The second kappa shape index (κ2) is 7.61. The SMILES string of the molecule is O=C(CCc1ccsc1)NC[C@@H](O)c1cccc(C(F)(F)F)c1. The third-order valence-electron chi connectivity index (χ3n) is 3.31. The van der Waals surface area contributed by atoms with E-state index in [0.717, 1.165) is 17.7 Å². The quantitative estimate of drug-likeness (QED) is 0.843. The summed E-state index contributed by atoms with van der Waals surface area (Å²) in [6.07, 6.45) is -4.78. The first kappa shape index (κ1) is 17.5. The maximum atomic E-state index is 12.6. The molecule has 0 bridgehead atoms. The van der Waals surface area contributed by atoms with Crippen molar-refractivity contribution in [1.29, 1.82) is 0 Å². The highest BCUT2D eigenvalue weighted by Gasteiger charge is 2.30. The fourth-order valence-electron chi connectivity index (χ4n) is 2.03. The highest BCUT2D eigenvalue weighted by molar-refractivity contribution is 7.07. The summed E-state index contributed by atoms with van der Waals surface area (Å²) in [4.78, 5) is 11.7. The molecule has 0 spiro atoms. The predicted octanol–water partition coefficient (Wildman–Crippen LogP) is 3.55. The Kier molecular flexibility index (Phi) is 5.79. The molecule has 0 aliphatic rings. The van der Waals surface area contributed by atoms with E-state index >= 15 is 0 Å². The maximum absolute atomic E-state index is 12.6. The van der Waals surface area contributed by atoms with Crippen LogP contribution in [0.4, 0.5) is 13.2 Å². The van der Waals surface area contributed by atoms with Crippen LogP contribution >= 0.6 is 11.3 Å². The van der Waals surface area contributed by atoms with Gasteiger partial charge in [0.2, 0.25) is 5.91 Å². The van der Waals surface area contributed by atoms with Gasteiger partial charge < -0.3 is 10.4 Å². The molecule has 1 heterocycles. The molecule has 0 fully saturated rings. The van der Waals surface area contributed by atoms with Crippen molar-refractivity contribution in [1.82, 2.24) is 5.32 Å². The number of halogens is 3. The molecule has 0 radical (unpaired) electrons. The number of nitrogens with one attached hydrogen (secondary N) is 1. The van der Waals surface area contributed by atoms with E-state index in [2.05, 4.69) is 5.32 Å². The number of carbonyl (C=O) groups is 1. The number of carbonyl (C=O) groups excluding carboxylic acids is 1. The van der Waals surface area contributed by atoms with E-state index in [9.17, 15) is 23.1 Å². The zero-order valence-corrected chi connectivity index (χ0v) is 13.0. The molecule has 0 saturated carbocycles. The number of alkyl halides is 3. The molecule has 1 aromatic carbocycles. The topological polar surface area (TPSA) is 49.3 Å². The highest BCUT2D eigenvalue weighted by Crippen LogP contribution is 2.30. The Bertz CT molecular complexity index is 641. The van der Waals surface area contributed by atoms with E-state index in [0.29, 0.717) is 6.42 Å². The monoisotopic (exact) mass is 343 g/mol. The Balaban J connectivity index is 1.84. The van der Waals surface area contributed by atoms with Gasteiger partial charge in [0.15, 0.2) is 0 Å². The lowest BCUT2D eigenvalue weighted by Crippen LogP contribution is -2.28. The van der Waals surface area contributed by atoms with Gasteiger partial charge in [-0.3, -0.25) is 4.79 Å². The van der Waals surface area contributed by atoms with Crippen molar-refractivity contribution in [2.24, 2.45) is 0 Å². The number of aliphatic hydroxyl groups excluding tert-OH is 1. The summed E-state index contributed by atoms with van der Waals surface area (Å²) in [6.45, 7) is -0.121. The van der Waals surface area contributed by atoms with Gasteiger partial charge in [-0.25, -0.2) is 0 Å². The van der Waals surface area contributed by atoms with Crippen LogP contribution in [0.3, 0.4) is 0 Å². The number of amides is 1. The molecule has 0 unspecified atom stereocenters. The van der Waals surface area contributed by atoms with Crippen LogP contribution in [-0.2, 0) is 17.4 Å². The minimum Gasteiger partial charge on any atom is -0.387 e. The summed E-state index contributed by atoms with van der Waals surface area (Å²) >= 11 is 1.55. The molecule has 1 atom stereocenters. The predicted molar refractivity (Wildman–Crippen MR) is 82.1 cm³/mol. The number of aryl methyl sites for hydroxylation is 1. The third kappa shape index (κ3) is 5.37. The van der Waals surface area contributed by atoms with Gasteiger partial charge in [-0.15, -0.1) is 0 Å². The van der Waals surface area contributed by atoms with Crippen LogP contribution in [0.5, 0.6) is 0 Å².